The molecular formula is C7H20O4SiTi. The molecule has 80 valence electrons. The van der Waals surface area contributed by atoms with E-state index in [9.17, 15) is 7.38 Å². The van der Waals surface area contributed by atoms with Gasteiger partial charge in [0.15, 0.2) is 0 Å². The van der Waals surface area contributed by atoms with Gasteiger partial charge < -0.3 is 0 Å². The second-order valence-corrected chi connectivity index (χ2v) is 11.1. The van der Waals surface area contributed by atoms with E-state index in [0.717, 1.165) is 18.1 Å². The molecule has 0 rings (SSSR count). The molecule has 0 atom stereocenters. The van der Waals surface area contributed by atoms with Crippen molar-refractivity contribution in [1.82, 2.24) is 0 Å². The van der Waals surface area contributed by atoms with E-state index in [1.165, 1.54) is 7.11 Å². The van der Waals surface area contributed by atoms with Crippen LogP contribution in [-0.2, 0) is 24.5 Å². The molecule has 4 nitrogen and oxygen atoms in total. The van der Waals surface area contributed by atoms with E-state index in [0.29, 0.717) is 0 Å². The fourth-order valence-corrected chi connectivity index (χ4v) is 8.93. The zero-order chi connectivity index (χ0) is 10.5. The molecule has 0 amide bonds. The molecule has 0 aliphatic heterocycles. The second kappa shape index (κ2) is 5.60. The third kappa shape index (κ3) is 4.21. The van der Waals surface area contributed by atoms with Gasteiger partial charge in [0.05, 0.1) is 0 Å². The molecule has 0 radical (unpaired) electrons. The minimum atomic E-state index is -4.31. The Morgan fingerprint density at radius 2 is 1.46 bits per heavy atom. The van der Waals surface area contributed by atoms with E-state index in [1.807, 2.05) is 20.8 Å². The third-order valence-electron chi connectivity index (χ3n) is 2.55. The first-order chi connectivity index (χ1) is 5.95. The Labute approximate surface area is 86.3 Å². The van der Waals surface area contributed by atoms with Crippen LogP contribution in [0.25, 0.3) is 0 Å². The topological polar surface area (TPSA) is 58.9 Å². The summed E-state index contributed by atoms with van der Waals surface area (Å²) in [5.74, 6) is 0. The Bertz CT molecular complexity index is 141. The molecule has 0 aromatic rings. The van der Waals surface area contributed by atoms with Crippen LogP contribution in [0.1, 0.15) is 20.8 Å². The van der Waals surface area contributed by atoms with Crippen LogP contribution in [0.3, 0.4) is 0 Å². The molecule has 0 fully saturated rings. The molecule has 0 unspecified atom stereocenters. The van der Waals surface area contributed by atoms with Crippen molar-refractivity contribution in [3.05, 3.63) is 0 Å². The third-order valence-corrected chi connectivity index (χ3v) is 11.2. The summed E-state index contributed by atoms with van der Waals surface area (Å²) in [6, 6.07) is 2.70. The van der Waals surface area contributed by atoms with Gasteiger partial charge in [-0.2, -0.15) is 0 Å². The average molecular weight is 244 g/mol. The molecule has 0 saturated heterocycles. The first-order valence-electron chi connectivity index (χ1n) is 4.65. The Morgan fingerprint density at radius 1 is 1.08 bits per heavy atom. The molecule has 0 aromatic heterocycles. The van der Waals surface area contributed by atoms with Gasteiger partial charge in [0, 0.05) is 0 Å². The van der Waals surface area contributed by atoms with E-state index in [-0.39, 0.29) is 0 Å². The van der Waals surface area contributed by atoms with Crippen molar-refractivity contribution < 1.29 is 31.8 Å². The molecule has 0 aliphatic carbocycles. The van der Waals surface area contributed by atoms with E-state index in [2.05, 4.69) is 3.32 Å². The van der Waals surface area contributed by atoms with Crippen LogP contribution in [0.15, 0.2) is 0 Å². The number of hydrogen-bond donors (Lipinski definition) is 2. The molecule has 0 saturated carbocycles. The van der Waals surface area contributed by atoms with E-state index in [1.54, 1.807) is 0 Å². The van der Waals surface area contributed by atoms with Gasteiger partial charge in [-0.15, -0.1) is 0 Å². The maximum atomic E-state index is 9.39. The van der Waals surface area contributed by atoms with Crippen LogP contribution >= 0.6 is 0 Å². The van der Waals surface area contributed by atoms with Crippen LogP contribution in [-0.4, -0.2) is 22.8 Å². The quantitative estimate of drug-likeness (QED) is 0.694. The Hall–Kier alpha value is 0.771. The fourth-order valence-electron chi connectivity index (χ4n) is 1.29. The Balaban J connectivity index is 4.41. The molecule has 0 aliphatic rings. The van der Waals surface area contributed by atoms with Crippen LogP contribution in [0, 0.1) is 0 Å². The molecule has 2 N–H and O–H groups in total. The van der Waals surface area contributed by atoms with Crippen LogP contribution in [0.2, 0.25) is 18.1 Å². The predicted molar refractivity (Wildman–Crippen MR) is 49.7 cm³/mol. The Morgan fingerprint density at radius 3 is 1.69 bits per heavy atom. The monoisotopic (exact) mass is 244 g/mol. The summed E-state index contributed by atoms with van der Waals surface area (Å²) in [6.45, 7) is 6.10. The van der Waals surface area contributed by atoms with Crippen molar-refractivity contribution in [1.29, 1.82) is 0 Å². The summed E-state index contributed by atoms with van der Waals surface area (Å²) in [6.07, 6.45) is 0. The van der Waals surface area contributed by atoms with Gasteiger partial charge in [-0.1, -0.05) is 0 Å². The predicted octanol–water partition coefficient (Wildman–Crippen LogP) is 1.45. The standard InChI is InChI=1S/C6H15OSi.CH3O.2H2O.Ti/c1-4-8(7,5-2)6-3;1-2;;;/h4-6H2,1-3H3;1H3;2*1H2;/q2*-1;;;+4/p-2. The molecule has 6 heteroatoms. The van der Waals surface area contributed by atoms with E-state index < -0.39 is 26.5 Å². The normalized spacial score (nSPS) is 13.4. The Kier molecular flexibility index (Phi) is 5.94. The molecule has 0 spiro atoms. The van der Waals surface area contributed by atoms with Gasteiger partial charge in [-0.3, -0.25) is 0 Å². The number of rotatable bonds is 6. The summed E-state index contributed by atoms with van der Waals surface area (Å²) in [7, 11) is -0.624. The molecule has 0 heterocycles. The SMILES string of the molecule is CC[Si](CC)(CC)[O][Ti]([OH])([OH])[O]C. The summed E-state index contributed by atoms with van der Waals surface area (Å²) in [4.78, 5) is 0. The first kappa shape index (κ1) is 13.8. The van der Waals surface area contributed by atoms with Gasteiger partial charge in [0.25, 0.3) is 0 Å². The van der Waals surface area contributed by atoms with Gasteiger partial charge in [-0.05, 0) is 0 Å². The summed E-state index contributed by atoms with van der Waals surface area (Å²) < 4.78 is 28.8. The summed E-state index contributed by atoms with van der Waals surface area (Å²) in [5.41, 5.74) is 0. The van der Waals surface area contributed by atoms with Crippen molar-refractivity contribution in [2.45, 2.75) is 38.9 Å². The van der Waals surface area contributed by atoms with Crippen LogP contribution in [0.5, 0.6) is 0 Å². The summed E-state index contributed by atoms with van der Waals surface area (Å²) >= 11 is -4.31. The van der Waals surface area contributed by atoms with Crippen molar-refractivity contribution in [3.63, 3.8) is 0 Å². The van der Waals surface area contributed by atoms with Gasteiger partial charge in [0.1, 0.15) is 0 Å². The van der Waals surface area contributed by atoms with E-state index >= 15 is 0 Å². The zero-order valence-corrected chi connectivity index (χ0v) is 11.4. The zero-order valence-electron chi connectivity index (χ0n) is 8.83. The molecule has 0 bridgehead atoms. The average Bonchev–Trinajstić information content (AvgIpc) is 2.14. The molecule has 0 aromatic carbocycles. The van der Waals surface area contributed by atoms with E-state index in [4.69, 9.17) is 3.01 Å². The van der Waals surface area contributed by atoms with Gasteiger partial charge >= 0.3 is 86.2 Å². The van der Waals surface area contributed by atoms with Crippen LogP contribution in [0.4, 0.5) is 0 Å². The number of hydrogen-bond acceptors (Lipinski definition) is 4. The molecular weight excluding hydrogens is 224 g/mol. The van der Waals surface area contributed by atoms with Crippen molar-refractivity contribution in [2.75, 3.05) is 7.11 Å². The minimum absolute atomic E-state index is 0.900. The second-order valence-electron chi connectivity index (χ2n) is 3.10. The van der Waals surface area contributed by atoms with Crippen LogP contribution < -0.4 is 0 Å². The molecule has 13 heavy (non-hydrogen) atoms. The maximum absolute atomic E-state index is 9.39. The first-order valence-corrected chi connectivity index (χ1v) is 9.85. The summed E-state index contributed by atoms with van der Waals surface area (Å²) in [5, 5.41) is 0. The van der Waals surface area contributed by atoms with Crippen molar-refractivity contribution >= 4 is 8.32 Å². The van der Waals surface area contributed by atoms with Crippen molar-refractivity contribution in [2.24, 2.45) is 0 Å². The van der Waals surface area contributed by atoms with Gasteiger partial charge in [-0.25, -0.2) is 0 Å². The van der Waals surface area contributed by atoms with Gasteiger partial charge in [0.2, 0.25) is 0 Å². The fraction of sp³-hybridized carbons (Fsp3) is 1.00. The van der Waals surface area contributed by atoms with Crippen molar-refractivity contribution in [3.8, 4) is 0 Å².